The van der Waals surface area contributed by atoms with Crippen LogP contribution >= 0.6 is 0 Å². The second-order valence-electron chi connectivity index (χ2n) is 8.38. The van der Waals surface area contributed by atoms with E-state index >= 15 is 4.39 Å². The summed E-state index contributed by atoms with van der Waals surface area (Å²) in [7, 11) is 1.74. The lowest BCUT2D eigenvalue weighted by Gasteiger charge is -2.35. The third-order valence-corrected chi connectivity index (χ3v) is 6.11. The molecule has 2 aliphatic rings. The molecule has 1 aromatic carbocycles. The molecule has 0 aliphatic carbocycles. The van der Waals surface area contributed by atoms with Crippen molar-refractivity contribution >= 4 is 40.0 Å². The smallest absolute Gasteiger partial charge is 0.398 e. The maximum atomic E-state index is 15.3. The number of anilines is 3. The Hall–Kier alpha value is -3.77. The second-order valence-corrected chi connectivity index (χ2v) is 8.38. The summed E-state index contributed by atoms with van der Waals surface area (Å²) in [4.78, 5) is 31.6. The van der Waals surface area contributed by atoms with E-state index in [1.165, 1.54) is 11.0 Å². The summed E-state index contributed by atoms with van der Waals surface area (Å²) in [6, 6.07) is 4.67. The Morgan fingerprint density at radius 2 is 2.18 bits per heavy atom. The van der Waals surface area contributed by atoms with Gasteiger partial charge in [0.05, 0.1) is 17.8 Å². The molecule has 0 bridgehead atoms. The molecular weight excluding hydrogens is 445 g/mol. The quantitative estimate of drug-likeness (QED) is 0.354. The molecule has 178 valence electrons. The minimum Gasteiger partial charge on any atom is -0.434 e. The molecule has 0 spiro atoms. The normalized spacial score (nSPS) is 20.0. The number of hydrogen-bond donors (Lipinski definition) is 3. The van der Waals surface area contributed by atoms with Gasteiger partial charge in [-0.25, -0.2) is 14.2 Å². The van der Waals surface area contributed by atoms with Gasteiger partial charge in [0.2, 0.25) is 0 Å². The monoisotopic (exact) mass is 469 g/mol. The number of esters is 1. The fraction of sp³-hybridized carbons (Fsp3) is 0.364. The largest absolute Gasteiger partial charge is 0.434 e. The van der Waals surface area contributed by atoms with Crippen LogP contribution in [0.1, 0.15) is 5.56 Å². The Bertz CT molecular complexity index is 1280. The molecule has 4 N–H and O–H groups in total. The standard InChI is InChI=1S/C22H24FN7O4/c1-28-9-12-6-18(15(23)8-16(12)27-28)30-19(34-22(33)20(24)32)7-14-17(2-3-26-21(14)30)29-5-4-25-13(10-29)11-31/h2-3,6,8-9,13,19,25,31H,4-5,7,10-11H2,1H3,(H2,24,32)/t13-,19?/m1/s1. The molecule has 0 radical (unpaired) electrons. The zero-order valence-corrected chi connectivity index (χ0v) is 18.4. The van der Waals surface area contributed by atoms with Gasteiger partial charge in [-0.05, 0) is 12.1 Å². The molecule has 34 heavy (non-hydrogen) atoms. The van der Waals surface area contributed by atoms with Crippen LogP contribution < -0.4 is 20.9 Å². The topological polar surface area (TPSA) is 139 Å². The van der Waals surface area contributed by atoms with Crippen molar-refractivity contribution in [2.75, 3.05) is 36.0 Å². The Balaban J connectivity index is 1.60. The number of nitrogens with two attached hydrogens (primary N) is 1. The summed E-state index contributed by atoms with van der Waals surface area (Å²) in [6.45, 7) is 1.92. The molecule has 0 saturated carbocycles. The van der Waals surface area contributed by atoms with Gasteiger partial charge in [0.1, 0.15) is 11.6 Å². The van der Waals surface area contributed by atoms with Crippen LogP contribution in [0.5, 0.6) is 0 Å². The molecule has 1 saturated heterocycles. The van der Waals surface area contributed by atoms with Crippen molar-refractivity contribution in [3.63, 3.8) is 0 Å². The number of halogens is 1. The zero-order valence-electron chi connectivity index (χ0n) is 18.4. The maximum absolute atomic E-state index is 15.3. The number of fused-ring (bicyclic) bond motifs is 2. The Morgan fingerprint density at radius 3 is 2.94 bits per heavy atom. The first kappa shape index (κ1) is 22.0. The van der Waals surface area contributed by atoms with E-state index in [9.17, 15) is 14.7 Å². The minimum atomic E-state index is -1.24. The van der Waals surface area contributed by atoms with Crippen molar-refractivity contribution in [2.24, 2.45) is 12.8 Å². The summed E-state index contributed by atoms with van der Waals surface area (Å²) in [5.41, 5.74) is 7.32. The van der Waals surface area contributed by atoms with Crippen molar-refractivity contribution < 1.29 is 23.8 Å². The van der Waals surface area contributed by atoms with Gasteiger partial charge in [0, 0.05) is 74.2 Å². The number of aryl methyl sites for hydroxylation is 1. The van der Waals surface area contributed by atoms with E-state index in [0.29, 0.717) is 36.4 Å². The van der Waals surface area contributed by atoms with Crippen LogP contribution in [0.4, 0.5) is 21.6 Å². The van der Waals surface area contributed by atoms with Crippen molar-refractivity contribution in [3.8, 4) is 0 Å². The van der Waals surface area contributed by atoms with Gasteiger partial charge in [-0.3, -0.25) is 14.4 Å². The molecule has 1 amide bonds. The van der Waals surface area contributed by atoms with Crippen LogP contribution in [0.25, 0.3) is 10.9 Å². The van der Waals surface area contributed by atoms with Crippen LogP contribution in [0.2, 0.25) is 0 Å². The van der Waals surface area contributed by atoms with Gasteiger partial charge in [-0.1, -0.05) is 0 Å². The first-order chi connectivity index (χ1) is 16.4. The summed E-state index contributed by atoms with van der Waals surface area (Å²) >= 11 is 0. The van der Waals surface area contributed by atoms with E-state index in [4.69, 9.17) is 10.5 Å². The highest BCUT2D eigenvalue weighted by Gasteiger charge is 2.39. The number of benzene rings is 1. The first-order valence-electron chi connectivity index (χ1n) is 10.9. The maximum Gasteiger partial charge on any atom is 0.398 e. The number of hydrogen-bond acceptors (Lipinski definition) is 9. The van der Waals surface area contributed by atoms with Gasteiger partial charge in [0.25, 0.3) is 0 Å². The van der Waals surface area contributed by atoms with E-state index in [1.807, 2.05) is 6.07 Å². The number of pyridine rings is 1. The number of piperazine rings is 1. The Kier molecular flexibility index (Phi) is 5.54. The molecule has 2 aliphatic heterocycles. The van der Waals surface area contributed by atoms with Crippen molar-refractivity contribution in [1.29, 1.82) is 0 Å². The minimum absolute atomic E-state index is 0.00884. The number of carbonyl (C=O) groups is 2. The average molecular weight is 469 g/mol. The number of amides is 1. The van der Waals surface area contributed by atoms with Gasteiger partial charge in [-0.15, -0.1) is 0 Å². The predicted octanol–water partition coefficient (Wildman–Crippen LogP) is -0.0733. The van der Waals surface area contributed by atoms with Crippen LogP contribution in [0.3, 0.4) is 0 Å². The van der Waals surface area contributed by atoms with Crippen LogP contribution in [-0.2, 0) is 27.8 Å². The lowest BCUT2D eigenvalue weighted by Crippen LogP contribution is -2.52. The van der Waals surface area contributed by atoms with E-state index in [1.54, 1.807) is 30.2 Å². The molecule has 1 fully saturated rings. The third-order valence-electron chi connectivity index (χ3n) is 6.11. The highest BCUT2D eigenvalue weighted by atomic mass is 19.1. The molecule has 2 atom stereocenters. The van der Waals surface area contributed by atoms with Gasteiger partial charge >= 0.3 is 11.9 Å². The lowest BCUT2D eigenvalue weighted by molar-refractivity contribution is -0.157. The van der Waals surface area contributed by atoms with E-state index in [2.05, 4.69) is 20.3 Å². The average Bonchev–Trinajstić information content (AvgIpc) is 3.36. The molecule has 12 heteroatoms. The number of nitrogens with one attached hydrogen (secondary N) is 1. The second kappa shape index (κ2) is 8.54. The van der Waals surface area contributed by atoms with Crippen molar-refractivity contribution in [3.05, 3.63) is 42.0 Å². The number of ether oxygens (including phenoxy) is 1. The number of aliphatic hydroxyl groups is 1. The van der Waals surface area contributed by atoms with Crippen molar-refractivity contribution in [2.45, 2.75) is 18.7 Å². The van der Waals surface area contributed by atoms with E-state index < -0.39 is 23.9 Å². The van der Waals surface area contributed by atoms with E-state index in [0.717, 1.165) is 11.3 Å². The SMILES string of the molecule is Cn1cc2cc(N3c4nccc(N5CCN[C@@H](CO)C5)c4CC3OC(=O)C(N)=O)c(F)cc2n1. The van der Waals surface area contributed by atoms with Gasteiger partial charge < -0.3 is 25.8 Å². The molecule has 2 aromatic heterocycles. The van der Waals surface area contributed by atoms with Gasteiger partial charge in [0.15, 0.2) is 6.23 Å². The molecule has 4 heterocycles. The zero-order chi connectivity index (χ0) is 24.0. The summed E-state index contributed by atoms with van der Waals surface area (Å²) in [6.07, 6.45) is 2.51. The summed E-state index contributed by atoms with van der Waals surface area (Å²) in [5.74, 6) is -2.61. The molecule has 1 unspecified atom stereocenters. The van der Waals surface area contributed by atoms with Crippen molar-refractivity contribution in [1.82, 2.24) is 20.1 Å². The van der Waals surface area contributed by atoms with Gasteiger partial charge in [-0.2, -0.15) is 5.10 Å². The first-order valence-corrected chi connectivity index (χ1v) is 10.9. The molecular formula is C22H24FN7O4. The summed E-state index contributed by atoms with van der Waals surface area (Å²) < 4.78 is 22.3. The molecule has 5 rings (SSSR count). The number of rotatable bonds is 4. The number of carbonyl (C=O) groups excluding carboxylic acids is 2. The number of aliphatic hydroxyl groups excluding tert-OH is 1. The predicted molar refractivity (Wildman–Crippen MR) is 121 cm³/mol. The lowest BCUT2D eigenvalue weighted by atomic mass is 10.1. The molecule has 11 nitrogen and oxygen atoms in total. The highest BCUT2D eigenvalue weighted by Crippen LogP contribution is 2.43. The fourth-order valence-corrected chi connectivity index (χ4v) is 4.63. The number of aromatic nitrogens is 3. The number of primary amides is 1. The van der Waals surface area contributed by atoms with Crippen LogP contribution in [0.15, 0.2) is 30.6 Å². The van der Waals surface area contributed by atoms with E-state index in [-0.39, 0.29) is 24.8 Å². The Morgan fingerprint density at radius 1 is 1.35 bits per heavy atom. The highest BCUT2D eigenvalue weighted by molar-refractivity contribution is 6.31. The summed E-state index contributed by atoms with van der Waals surface area (Å²) in [5, 5.41) is 17.8. The fourth-order valence-electron chi connectivity index (χ4n) is 4.63. The Labute approximate surface area is 193 Å². The molecule has 3 aromatic rings. The number of nitrogens with zero attached hydrogens (tertiary/aromatic N) is 5. The van der Waals surface area contributed by atoms with Crippen LogP contribution in [0, 0.1) is 5.82 Å². The third kappa shape index (κ3) is 3.80. The van der Waals surface area contributed by atoms with Crippen LogP contribution in [-0.4, -0.2) is 70.3 Å².